The molecule has 122 valence electrons. The number of hydrogen-bond acceptors (Lipinski definition) is 4. The molecule has 3 rings (SSSR count). The molecule has 4 nitrogen and oxygen atoms in total. The largest absolute Gasteiger partial charge is 0.495 e. The van der Waals surface area contributed by atoms with Crippen molar-refractivity contribution in [1.82, 2.24) is 4.90 Å². The Hall–Kier alpha value is -1.42. The van der Waals surface area contributed by atoms with Crippen molar-refractivity contribution in [3.8, 4) is 5.75 Å². The number of hydrogen-bond donors (Lipinski definition) is 1. The second-order valence-corrected chi connectivity index (χ2v) is 6.45. The van der Waals surface area contributed by atoms with Crippen molar-refractivity contribution in [3.05, 3.63) is 18.2 Å². The first-order valence-electron chi connectivity index (χ1n) is 8.66. The van der Waals surface area contributed by atoms with Crippen LogP contribution in [0.25, 0.3) is 0 Å². The third kappa shape index (κ3) is 3.32. The van der Waals surface area contributed by atoms with Gasteiger partial charge in [0.1, 0.15) is 5.75 Å². The first kappa shape index (κ1) is 15.5. The molecule has 22 heavy (non-hydrogen) atoms. The highest BCUT2D eigenvalue weighted by Crippen LogP contribution is 2.30. The van der Waals surface area contributed by atoms with E-state index in [1.54, 1.807) is 7.11 Å². The van der Waals surface area contributed by atoms with E-state index in [4.69, 9.17) is 4.74 Å². The molecule has 0 amide bonds. The maximum Gasteiger partial charge on any atom is 0.144 e. The average molecular weight is 303 g/mol. The summed E-state index contributed by atoms with van der Waals surface area (Å²) in [6, 6.07) is 7.31. The zero-order chi connectivity index (χ0) is 15.4. The van der Waals surface area contributed by atoms with Crippen molar-refractivity contribution < 1.29 is 4.74 Å². The summed E-state index contributed by atoms with van der Waals surface area (Å²) < 4.78 is 5.48. The van der Waals surface area contributed by atoms with Crippen LogP contribution in [-0.2, 0) is 0 Å². The van der Waals surface area contributed by atoms with E-state index in [0.717, 1.165) is 30.6 Å². The van der Waals surface area contributed by atoms with Crippen LogP contribution in [0, 0.1) is 0 Å². The van der Waals surface area contributed by atoms with Gasteiger partial charge in [-0.3, -0.25) is 4.90 Å². The lowest BCUT2D eigenvalue weighted by molar-refractivity contribution is 0.148. The molecule has 1 heterocycles. The zero-order valence-corrected chi connectivity index (χ0v) is 14.0. The van der Waals surface area contributed by atoms with Gasteiger partial charge < -0.3 is 15.0 Å². The van der Waals surface area contributed by atoms with E-state index in [1.807, 2.05) is 7.05 Å². The van der Waals surface area contributed by atoms with Gasteiger partial charge in [-0.1, -0.05) is 19.3 Å². The normalized spacial score (nSPS) is 20.9. The third-order valence-corrected chi connectivity index (χ3v) is 5.22. The van der Waals surface area contributed by atoms with Crippen LogP contribution in [0.5, 0.6) is 5.75 Å². The van der Waals surface area contributed by atoms with Crippen LogP contribution >= 0.6 is 0 Å². The maximum absolute atomic E-state index is 5.48. The summed E-state index contributed by atoms with van der Waals surface area (Å²) in [6.07, 6.45) is 7.10. The molecule has 2 aliphatic rings. The Morgan fingerprint density at radius 2 is 1.77 bits per heavy atom. The quantitative estimate of drug-likeness (QED) is 0.924. The first-order valence-corrected chi connectivity index (χ1v) is 8.66. The second kappa shape index (κ2) is 7.23. The highest BCUT2D eigenvalue weighted by atomic mass is 16.5. The van der Waals surface area contributed by atoms with Gasteiger partial charge in [0.05, 0.1) is 12.8 Å². The van der Waals surface area contributed by atoms with Crippen LogP contribution in [0.4, 0.5) is 11.4 Å². The molecule has 1 N–H and O–H groups in total. The van der Waals surface area contributed by atoms with Crippen LogP contribution in [0.2, 0.25) is 0 Å². The van der Waals surface area contributed by atoms with E-state index in [-0.39, 0.29) is 0 Å². The van der Waals surface area contributed by atoms with E-state index < -0.39 is 0 Å². The van der Waals surface area contributed by atoms with Crippen molar-refractivity contribution in [2.45, 2.75) is 38.1 Å². The summed E-state index contributed by atoms with van der Waals surface area (Å²) in [5.74, 6) is 0.926. The van der Waals surface area contributed by atoms with Gasteiger partial charge >= 0.3 is 0 Å². The monoisotopic (exact) mass is 303 g/mol. The van der Waals surface area contributed by atoms with Gasteiger partial charge in [0.2, 0.25) is 0 Å². The van der Waals surface area contributed by atoms with Gasteiger partial charge in [-0.25, -0.2) is 0 Å². The van der Waals surface area contributed by atoms with Gasteiger partial charge in [0.25, 0.3) is 0 Å². The van der Waals surface area contributed by atoms with E-state index in [9.17, 15) is 0 Å². The minimum atomic E-state index is 0.845. The van der Waals surface area contributed by atoms with Gasteiger partial charge in [0.15, 0.2) is 0 Å². The lowest BCUT2D eigenvalue weighted by Gasteiger charge is -2.41. The number of piperazine rings is 1. The summed E-state index contributed by atoms with van der Waals surface area (Å²) in [7, 11) is 3.67. The summed E-state index contributed by atoms with van der Waals surface area (Å²) in [5.41, 5.74) is 2.33. The van der Waals surface area contributed by atoms with E-state index in [0.29, 0.717) is 0 Å². The Balaban J connectivity index is 1.61. The number of nitrogens with zero attached hydrogens (tertiary/aromatic N) is 2. The Kier molecular flexibility index (Phi) is 5.08. The van der Waals surface area contributed by atoms with Crippen molar-refractivity contribution in [2.75, 3.05) is 50.6 Å². The Labute approximate surface area is 134 Å². The molecule has 2 fully saturated rings. The molecule has 0 aromatic heterocycles. The maximum atomic E-state index is 5.48. The number of benzene rings is 1. The van der Waals surface area contributed by atoms with Gasteiger partial charge in [0, 0.05) is 51.0 Å². The number of rotatable bonds is 4. The molecule has 0 atom stereocenters. The van der Waals surface area contributed by atoms with Crippen molar-refractivity contribution in [2.24, 2.45) is 0 Å². The minimum Gasteiger partial charge on any atom is -0.495 e. The third-order valence-electron chi connectivity index (χ3n) is 5.22. The molecular formula is C18H29N3O. The molecule has 4 heteroatoms. The van der Waals surface area contributed by atoms with Crippen LogP contribution in [0.15, 0.2) is 18.2 Å². The lowest BCUT2D eigenvalue weighted by Crippen LogP contribution is -2.50. The number of anilines is 2. The lowest BCUT2D eigenvalue weighted by atomic mass is 9.94. The molecule has 0 bridgehead atoms. The molecule has 1 saturated carbocycles. The summed E-state index contributed by atoms with van der Waals surface area (Å²) in [5, 5.41) is 3.17. The standard InChI is InChI=1S/C18H29N3O/c1-19-17-9-8-16(14-18(17)22-2)21-12-10-20(11-13-21)15-6-4-3-5-7-15/h8-9,14-15,19H,3-7,10-13H2,1-2H3. The highest BCUT2D eigenvalue weighted by Gasteiger charge is 2.25. The van der Waals surface area contributed by atoms with Crippen molar-refractivity contribution in [3.63, 3.8) is 0 Å². The number of nitrogens with one attached hydrogen (secondary N) is 1. The van der Waals surface area contributed by atoms with Crippen LogP contribution < -0.4 is 15.0 Å². The van der Waals surface area contributed by atoms with Crippen molar-refractivity contribution in [1.29, 1.82) is 0 Å². The van der Waals surface area contributed by atoms with E-state index in [2.05, 4.69) is 33.3 Å². The fourth-order valence-electron chi connectivity index (χ4n) is 3.87. The van der Waals surface area contributed by atoms with Crippen LogP contribution in [0.3, 0.4) is 0 Å². The SMILES string of the molecule is CNc1ccc(N2CCN(C3CCCCC3)CC2)cc1OC. The van der Waals surface area contributed by atoms with E-state index >= 15 is 0 Å². The minimum absolute atomic E-state index is 0.845. The van der Waals surface area contributed by atoms with Gasteiger partial charge in [-0.2, -0.15) is 0 Å². The molecule has 1 aromatic rings. The predicted octanol–water partition coefficient (Wildman–Crippen LogP) is 3.19. The molecule has 1 aromatic carbocycles. The average Bonchev–Trinajstić information content (AvgIpc) is 2.62. The molecule has 0 unspecified atom stereocenters. The zero-order valence-electron chi connectivity index (χ0n) is 14.0. The van der Waals surface area contributed by atoms with Crippen LogP contribution in [0.1, 0.15) is 32.1 Å². The Bertz CT molecular complexity index is 477. The summed E-state index contributed by atoms with van der Waals surface area (Å²) in [6.45, 7) is 4.64. The molecule has 1 aliphatic heterocycles. The first-order chi connectivity index (χ1) is 10.8. The summed E-state index contributed by atoms with van der Waals surface area (Å²) in [4.78, 5) is 5.20. The smallest absolute Gasteiger partial charge is 0.144 e. The topological polar surface area (TPSA) is 27.7 Å². The van der Waals surface area contributed by atoms with Gasteiger partial charge in [-0.05, 0) is 25.0 Å². The van der Waals surface area contributed by atoms with Crippen molar-refractivity contribution >= 4 is 11.4 Å². The van der Waals surface area contributed by atoms with Gasteiger partial charge in [-0.15, -0.1) is 0 Å². The predicted molar refractivity (Wildman–Crippen MR) is 93.2 cm³/mol. The Morgan fingerprint density at radius 3 is 2.41 bits per heavy atom. The fourth-order valence-corrected chi connectivity index (χ4v) is 3.87. The number of methoxy groups -OCH3 is 1. The molecular weight excluding hydrogens is 274 g/mol. The van der Waals surface area contributed by atoms with E-state index in [1.165, 1.54) is 50.9 Å². The highest BCUT2D eigenvalue weighted by molar-refractivity contribution is 5.64. The Morgan fingerprint density at radius 1 is 1.05 bits per heavy atom. The fraction of sp³-hybridized carbons (Fsp3) is 0.667. The molecule has 1 saturated heterocycles. The second-order valence-electron chi connectivity index (χ2n) is 6.45. The van der Waals surface area contributed by atoms with Crippen LogP contribution in [-0.4, -0.2) is 51.3 Å². The molecule has 0 spiro atoms. The summed E-state index contributed by atoms with van der Waals surface area (Å²) >= 11 is 0. The number of ether oxygens (including phenoxy) is 1. The molecule has 0 radical (unpaired) electrons. The molecule has 1 aliphatic carbocycles.